The van der Waals surface area contributed by atoms with Crippen LogP contribution < -0.4 is 4.90 Å². The number of likely N-dealkylation sites (tertiary alicyclic amines) is 1. The fourth-order valence-corrected chi connectivity index (χ4v) is 5.71. The topological polar surface area (TPSA) is 96.6 Å². The second-order valence-corrected chi connectivity index (χ2v) is 12.4. The van der Waals surface area contributed by atoms with Gasteiger partial charge in [0, 0.05) is 37.0 Å². The van der Waals surface area contributed by atoms with Gasteiger partial charge in [-0.25, -0.2) is 8.42 Å². The molecule has 0 radical (unpaired) electrons. The van der Waals surface area contributed by atoms with Gasteiger partial charge in [-0.3, -0.25) is 4.79 Å². The molecule has 0 saturated carbocycles. The van der Waals surface area contributed by atoms with Gasteiger partial charge in [-0.05, 0) is 73.8 Å². The zero-order chi connectivity index (χ0) is 28.0. The number of piperidine rings is 1. The van der Waals surface area contributed by atoms with Crippen molar-refractivity contribution >= 4 is 21.4 Å². The van der Waals surface area contributed by atoms with E-state index in [1.54, 1.807) is 24.3 Å². The number of benzene rings is 3. The molecule has 1 aliphatic rings. The van der Waals surface area contributed by atoms with Crippen molar-refractivity contribution in [3.05, 3.63) is 96.4 Å². The Balaban J connectivity index is 1.13. The lowest BCUT2D eigenvalue weighted by Gasteiger charge is -2.33. The number of nitrogens with zero attached hydrogens (tertiary/aromatic N) is 4. The monoisotopic (exact) mass is 558 g/mol. The van der Waals surface area contributed by atoms with Gasteiger partial charge in [0.05, 0.1) is 11.3 Å². The standard InChI is InChI=1S/C31H34N4O4S/c1-40(37,38)28-14-12-26(13-15-28)31-32-29(39-33-31)22-25-16-18-34(19-17-25)20-21-35(27-10-6-3-7-11-27)30(36)23-24-8-4-2-5-9-24/h2-15,25H,16-23H2,1H3. The lowest BCUT2D eigenvalue weighted by atomic mass is 9.93. The van der Waals surface area contributed by atoms with Crippen LogP contribution in [0.2, 0.25) is 0 Å². The van der Waals surface area contributed by atoms with E-state index in [-0.39, 0.29) is 10.8 Å². The van der Waals surface area contributed by atoms with E-state index in [1.165, 1.54) is 6.26 Å². The Morgan fingerprint density at radius 2 is 1.60 bits per heavy atom. The average molecular weight is 559 g/mol. The number of amides is 1. The van der Waals surface area contributed by atoms with Crippen LogP contribution in [0, 0.1) is 5.92 Å². The first-order valence-electron chi connectivity index (χ1n) is 13.6. The van der Waals surface area contributed by atoms with Crippen LogP contribution in [0.5, 0.6) is 0 Å². The van der Waals surface area contributed by atoms with E-state index in [0.29, 0.717) is 37.0 Å². The summed E-state index contributed by atoms with van der Waals surface area (Å²) in [5.41, 5.74) is 2.67. The minimum Gasteiger partial charge on any atom is -0.339 e. The Bertz CT molecular complexity index is 1500. The summed E-state index contributed by atoms with van der Waals surface area (Å²) in [6, 6.07) is 26.3. The second-order valence-electron chi connectivity index (χ2n) is 10.3. The van der Waals surface area contributed by atoms with Crippen LogP contribution in [0.3, 0.4) is 0 Å². The van der Waals surface area contributed by atoms with Crippen molar-refractivity contribution in [3.63, 3.8) is 0 Å². The molecule has 9 heteroatoms. The molecule has 208 valence electrons. The molecule has 40 heavy (non-hydrogen) atoms. The number of carbonyl (C=O) groups excluding carboxylic acids is 1. The van der Waals surface area contributed by atoms with Crippen LogP contribution in [-0.2, 0) is 27.5 Å². The van der Waals surface area contributed by atoms with E-state index in [4.69, 9.17) is 4.52 Å². The van der Waals surface area contributed by atoms with Gasteiger partial charge < -0.3 is 14.3 Å². The third kappa shape index (κ3) is 7.22. The Morgan fingerprint density at radius 3 is 2.25 bits per heavy atom. The largest absolute Gasteiger partial charge is 0.339 e. The van der Waals surface area contributed by atoms with E-state index in [0.717, 1.165) is 49.3 Å². The highest BCUT2D eigenvalue weighted by Gasteiger charge is 2.24. The molecular formula is C31H34N4O4S. The average Bonchev–Trinajstić information content (AvgIpc) is 3.43. The van der Waals surface area contributed by atoms with Gasteiger partial charge in [0.2, 0.25) is 17.6 Å². The fraction of sp³-hybridized carbons (Fsp3) is 0.323. The van der Waals surface area contributed by atoms with Gasteiger partial charge in [-0.15, -0.1) is 0 Å². The summed E-state index contributed by atoms with van der Waals surface area (Å²) in [6.07, 6.45) is 4.32. The summed E-state index contributed by atoms with van der Waals surface area (Å²) < 4.78 is 28.9. The minimum atomic E-state index is -3.25. The minimum absolute atomic E-state index is 0.102. The van der Waals surface area contributed by atoms with Gasteiger partial charge in [-0.1, -0.05) is 53.7 Å². The molecule has 8 nitrogen and oxygen atoms in total. The third-order valence-corrected chi connectivity index (χ3v) is 8.51. The molecule has 5 rings (SSSR count). The molecule has 0 atom stereocenters. The molecular weight excluding hydrogens is 524 g/mol. The SMILES string of the molecule is CS(=O)(=O)c1ccc(-c2noc(CC3CCN(CCN(C(=O)Cc4ccccc4)c4ccccc4)CC3)n2)cc1. The van der Waals surface area contributed by atoms with Crippen LogP contribution in [0.15, 0.2) is 94.3 Å². The Kier molecular flexibility index (Phi) is 8.72. The molecule has 1 fully saturated rings. The first-order chi connectivity index (χ1) is 19.3. The van der Waals surface area contributed by atoms with Crippen molar-refractivity contribution in [2.24, 2.45) is 5.92 Å². The smallest absolute Gasteiger partial charge is 0.231 e. The fourth-order valence-electron chi connectivity index (χ4n) is 5.08. The highest BCUT2D eigenvalue weighted by molar-refractivity contribution is 7.90. The highest BCUT2D eigenvalue weighted by atomic mass is 32.2. The number of hydrogen-bond acceptors (Lipinski definition) is 7. The number of para-hydroxylation sites is 1. The molecule has 0 N–H and O–H groups in total. The van der Waals surface area contributed by atoms with E-state index in [2.05, 4.69) is 15.0 Å². The zero-order valence-electron chi connectivity index (χ0n) is 22.6. The molecule has 0 aliphatic carbocycles. The van der Waals surface area contributed by atoms with E-state index in [9.17, 15) is 13.2 Å². The lowest BCUT2D eigenvalue weighted by molar-refractivity contribution is -0.118. The first kappa shape index (κ1) is 27.7. The summed E-state index contributed by atoms with van der Waals surface area (Å²) in [5.74, 6) is 1.61. The van der Waals surface area contributed by atoms with E-state index < -0.39 is 9.84 Å². The zero-order valence-corrected chi connectivity index (χ0v) is 23.5. The van der Waals surface area contributed by atoms with Crippen molar-refractivity contribution in [1.29, 1.82) is 0 Å². The van der Waals surface area contributed by atoms with Crippen LogP contribution in [0.25, 0.3) is 11.4 Å². The molecule has 4 aromatic rings. The molecule has 1 amide bonds. The first-order valence-corrected chi connectivity index (χ1v) is 15.5. The maximum absolute atomic E-state index is 13.3. The summed E-state index contributed by atoms with van der Waals surface area (Å²) in [7, 11) is -3.25. The summed E-state index contributed by atoms with van der Waals surface area (Å²) in [5, 5.41) is 4.10. The van der Waals surface area contributed by atoms with Crippen LogP contribution >= 0.6 is 0 Å². The quantitative estimate of drug-likeness (QED) is 0.279. The molecule has 0 unspecified atom stereocenters. The number of carbonyl (C=O) groups is 1. The van der Waals surface area contributed by atoms with Crippen molar-refractivity contribution < 1.29 is 17.7 Å². The molecule has 3 aromatic carbocycles. The summed E-state index contributed by atoms with van der Waals surface area (Å²) >= 11 is 0. The lowest BCUT2D eigenvalue weighted by Crippen LogP contribution is -2.42. The molecule has 1 aromatic heterocycles. The van der Waals surface area contributed by atoms with Crippen LogP contribution in [0.4, 0.5) is 5.69 Å². The molecule has 1 aliphatic heterocycles. The van der Waals surface area contributed by atoms with Gasteiger partial charge in [0.1, 0.15) is 0 Å². The van der Waals surface area contributed by atoms with Crippen LogP contribution in [-0.4, -0.2) is 61.8 Å². The number of anilines is 1. The van der Waals surface area contributed by atoms with Gasteiger partial charge in [0.25, 0.3) is 0 Å². The Morgan fingerprint density at radius 1 is 0.950 bits per heavy atom. The predicted molar refractivity (Wildman–Crippen MR) is 155 cm³/mol. The maximum Gasteiger partial charge on any atom is 0.231 e. The molecule has 1 saturated heterocycles. The number of aromatic nitrogens is 2. The van der Waals surface area contributed by atoms with Gasteiger partial charge in [0.15, 0.2) is 9.84 Å². The maximum atomic E-state index is 13.3. The third-order valence-electron chi connectivity index (χ3n) is 7.39. The summed E-state index contributed by atoms with van der Waals surface area (Å²) in [4.78, 5) is 22.4. The Labute approximate surface area is 235 Å². The van der Waals surface area contributed by atoms with Crippen LogP contribution in [0.1, 0.15) is 24.3 Å². The number of sulfone groups is 1. The van der Waals surface area contributed by atoms with Crippen molar-refractivity contribution in [2.75, 3.05) is 37.3 Å². The van der Waals surface area contributed by atoms with Crippen molar-refractivity contribution in [3.8, 4) is 11.4 Å². The van der Waals surface area contributed by atoms with Gasteiger partial charge in [-0.2, -0.15) is 4.98 Å². The van der Waals surface area contributed by atoms with Gasteiger partial charge >= 0.3 is 0 Å². The molecule has 2 heterocycles. The van der Waals surface area contributed by atoms with E-state index in [1.807, 2.05) is 65.6 Å². The molecule has 0 spiro atoms. The highest BCUT2D eigenvalue weighted by Crippen LogP contribution is 2.24. The second kappa shape index (κ2) is 12.6. The number of hydrogen-bond donors (Lipinski definition) is 0. The molecule has 0 bridgehead atoms. The van der Waals surface area contributed by atoms with Crippen molar-refractivity contribution in [2.45, 2.75) is 30.6 Å². The Hall–Kier alpha value is -3.82. The van der Waals surface area contributed by atoms with E-state index >= 15 is 0 Å². The normalized spacial score (nSPS) is 14.7. The van der Waals surface area contributed by atoms with Crippen molar-refractivity contribution in [1.82, 2.24) is 15.0 Å². The predicted octanol–water partition coefficient (Wildman–Crippen LogP) is 4.67. The summed E-state index contributed by atoms with van der Waals surface area (Å²) in [6.45, 7) is 3.37. The number of rotatable bonds is 10.